The predicted octanol–water partition coefficient (Wildman–Crippen LogP) is 7.84. The number of Topliss-reactive ketones (excluding diaryl/α,β-unsaturated/α-hetero) is 2. The van der Waals surface area contributed by atoms with E-state index in [1.165, 1.54) is 9.36 Å². The van der Waals surface area contributed by atoms with Crippen LogP contribution in [0.3, 0.4) is 0 Å². The summed E-state index contributed by atoms with van der Waals surface area (Å²) in [7, 11) is 0. The van der Waals surface area contributed by atoms with Crippen molar-refractivity contribution in [2.75, 3.05) is 11.5 Å². The first-order chi connectivity index (χ1) is 24.0. The normalized spacial score (nSPS) is 11.0. The number of halogens is 2. The number of benzene rings is 4. The van der Waals surface area contributed by atoms with Crippen molar-refractivity contribution >= 4 is 52.0 Å². The number of rotatable bonds is 8. The molecule has 0 bridgehead atoms. The molecule has 0 aliphatic carbocycles. The zero-order chi connectivity index (χ0) is 35.9. The van der Waals surface area contributed by atoms with E-state index in [1.54, 1.807) is 79.7 Å². The number of anilines is 2. The average Bonchev–Trinajstić information content (AvgIpc) is 3.67. The highest BCUT2D eigenvalue weighted by molar-refractivity contribution is 6.31. The van der Waals surface area contributed by atoms with Gasteiger partial charge in [-0.3, -0.25) is 9.59 Å². The maximum absolute atomic E-state index is 12.9. The molecule has 0 amide bonds. The predicted molar refractivity (Wildman–Crippen MR) is 194 cm³/mol. The number of allylic oxidation sites excluding steroid dienone is 1. The van der Waals surface area contributed by atoms with E-state index in [4.69, 9.17) is 34.7 Å². The molecule has 4 N–H and O–H groups in total. The van der Waals surface area contributed by atoms with Crippen LogP contribution in [0.25, 0.3) is 16.9 Å². The van der Waals surface area contributed by atoms with Crippen molar-refractivity contribution < 1.29 is 9.59 Å². The van der Waals surface area contributed by atoms with Gasteiger partial charge >= 0.3 is 0 Å². The molecule has 0 spiro atoms. The lowest BCUT2D eigenvalue weighted by Gasteiger charge is -2.09. The Balaban J connectivity index is 0.000000194. The van der Waals surface area contributed by atoms with Crippen LogP contribution in [0.2, 0.25) is 10.0 Å². The zero-order valence-electron chi connectivity index (χ0n) is 26.6. The minimum Gasteiger partial charge on any atom is -0.382 e. The van der Waals surface area contributed by atoms with Crippen LogP contribution in [0, 0.1) is 22.7 Å². The molecule has 2 aromatic heterocycles. The van der Waals surface area contributed by atoms with Gasteiger partial charge in [-0.05, 0) is 59.7 Å². The molecule has 12 heteroatoms. The third-order valence-corrected chi connectivity index (χ3v) is 8.25. The van der Waals surface area contributed by atoms with Crippen LogP contribution in [0.4, 0.5) is 11.6 Å². The number of carbonyl (C=O) groups excluding carboxylic acids is 2. The van der Waals surface area contributed by atoms with Gasteiger partial charge in [-0.2, -0.15) is 20.7 Å². The fourth-order valence-electron chi connectivity index (χ4n) is 4.98. The van der Waals surface area contributed by atoms with Gasteiger partial charge in [0.25, 0.3) is 0 Å². The maximum atomic E-state index is 12.9. The lowest BCUT2D eigenvalue weighted by atomic mass is 9.94. The summed E-state index contributed by atoms with van der Waals surface area (Å²) in [4.78, 5) is 25.6. The van der Waals surface area contributed by atoms with Crippen LogP contribution in [-0.4, -0.2) is 31.1 Å². The number of hydrogen-bond acceptors (Lipinski definition) is 8. The maximum Gasteiger partial charge on any atom is 0.214 e. The molecule has 0 fully saturated rings. The molecule has 0 saturated carbocycles. The van der Waals surface area contributed by atoms with Gasteiger partial charge in [0, 0.05) is 21.5 Å². The van der Waals surface area contributed by atoms with Crippen LogP contribution >= 0.6 is 23.2 Å². The van der Waals surface area contributed by atoms with E-state index in [2.05, 4.69) is 16.8 Å². The van der Waals surface area contributed by atoms with Gasteiger partial charge in [-0.25, -0.2) is 9.36 Å². The summed E-state index contributed by atoms with van der Waals surface area (Å²) < 4.78 is 2.74. The molecule has 6 rings (SSSR count). The van der Waals surface area contributed by atoms with E-state index >= 15 is 0 Å². The second-order valence-corrected chi connectivity index (χ2v) is 11.8. The van der Waals surface area contributed by atoms with E-state index in [-0.39, 0.29) is 45.5 Å². The van der Waals surface area contributed by atoms with Crippen molar-refractivity contribution in [3.63, 3.8) is 0 Å². The minimum atomic E-state index is -0.442. The molecule has 0 aliphatic heterocycles. The van der Waals surface area contributed by atoms with Crippen LogP contribution in [0.5, 0.6) is 0 Å². The lowest BCUT2D eigenvalue weighted by molar-refractivity contribution is 0.0960. The van der Waals surface area contributed by atoms with Crippen LogP contribution in [0.1, 0.15) is 56.1 Å². The third-order valence-electron chi connectivity index (χ3n) is 7.75. The molecule has 1 atom stereocenters. The smallest absolute Gasteiger partial charge is 0.214 e. The summed E-state index contributed by atoms with van der Waals surface area (Å²) in [6, 6.07) is 35.9. The molecule has 10 nitrogen and oxygen atoms in total. The van der Waals surface area contributed by atoms with Crippen molar-refractivity contribution in [2.24, 2.45) is 0 Å². The van der Waals surface area contributed by atoms with Crippen molar-refractivity contribution in [2.45, 2.75) is 12.8 Å². The number of ketones is 2. The van der Waals surface area contributed by atoms with Crippen LogP contribution in [-0.2, 0) is 0 Å². The van der Waals surface area contributed by atoms with E-state index in [1.807, 2.05) is 48.5 Å². The molecule has 6 aromatic rings. The van der Waals surface area contributed by atoms with E-state index in [0.29, 0.717) is 27.0 Å². The first-order valence-electron chi connectivity index (χ1n) is 15.0. The summed E-state index contributed by atoms with van der Waals surface area (Å²) in [5.41, 5.74) is 15.2. The van der Waals surface area contributed by atoms with E-state index in [0.717, 1.165) is 5.56 Å². The van der Waals surface area contributed by atoms with Crippen molar-refractivity contribution in [3.05, 3.63) is 159 Å². The molecule has 4 aromatic carbocycles. The monoisotopic (exact) mass is 698 g/mol. The van der Waals surface area contributed by atoms with Gasteiger partial charge in [0.05, 0.1) is 11.4 Å². The molecule has 2 heterocycles. The SMILES string of the molecule is C=C(C(=O)c1nn(-c2ccc(Cl)cc2)c(N)c1C#N)c1ccccc1.CC(C(=O)c1nn(-c2ccc(Cl)cc2)c(N)c1C#N)c1ccccc1. The summed E-state index contributed by atoms with van der Waals surface area (Å²) in [6.07, 6.45) is 0. The summed E-state index contributed by atoms with van der Waals surface area (Å²) in [5, 5.41) is 28.5. The summed E-state index contributed by atoms with van der Waals surface area (Å²) >= 11 is 11.8. The van der Waals surface area contributed by atoms with Crippen LogP contribution in [0.15, 0.2) is 116 Å². The molecule has 0 radical (unpaired) electrons. The largest absolute Gasteiger partial charge is 0.382 e. The molecule has 50 heavy (non-hydrogen) atoms. The summed E-state index contributed by atoms with van der Waals surface area (Å²) in [6.45, 7) is 5.62. The number of nitrogen functional groups attached to an aromatic ring is 2. The Labute approximate surface area is 298 Å². The Morgan fingerprint density at radius 3 is 1.58 bits per heavy atom. The molecule has 246 valence electrons. The zero-order valence-corrected chi connectivity index (χ0v) is 28.1. The van der Waals surface area contributed by atoms with Gasteiger partial charge in [-0.1, -0.05) is 97.4 Å². The van der Waals surface area contributed by atoms with Gasteiger partial charge < -0.3 is 11.5 Å². The van der Waals surface area contributed by atoms with Gasteiger partial charge in [0.15, 0.2) is 11.5 Å². The minimum absolute atomic E-state index is 0.0243. The molecular weight excluding hydrogens is 671 g/mol. The fourth-order valence-corrected chi connectivity index (χ4v) is 5.24. The summed E-state index contributed by atoms with van der Waals surface area (Å²) in [5.74, 6) is -0.895. The number of carbonyl (C=O) groups is 2. The number of nitriles is 2. The quantitative estimate of drug-likeness (QED) is 0.120. The first-order valence-corrected chi connectivity index (χ1v) is 15.8. The number of nitrogens with two attached hydrogens (primary N) is 2. The average molecular weight is 700 g/mol. The van der Waals surface area contributed by atoms with Gasteiger partial charge in [0.2, 0.25) is 5.78 Å². The Bertz CT molecular complexity index is 2280. The number of nitrogens with zero attached hydrogens (tertiary/aromatic N) is 6. The van der Waals surface area contributed by atoms with Crippen molar-refractivity contribution in [1.29, 1.82) is 10.5 Å². The van der Waals surface area contributed by atoms with E-state index in [9.17, 15) is 20.1 Å². The molecular formula is C38H28Cl2N8O2. The molecule has 0 aliphatic rings. The Morgan fingerprint density at radius 1 is 0.700 bits per heavy atom. The van der Waals surface area contributed by atoms with Crippen LogP contribution < -0.4 is 11.5 Å². The third kappa shape index (κ3) is 7.18. The van der Waals surface area contributed by atoms with Gasteiger partial charge in [0.1, 0.15) is 40.6 Å². The molecule has 0 saturated heterocycles. The second-order valence-electron chi connectivity index (χ2n) is 10.9. The highest BCUT2D eigenvalue weighted by Gasteiger charge is 2.27. The van der Waals surface area contributed by atoms with Crippen molar-refractivity contribution in [3.8, 4) is 23.5 Å². The van der Waals surface area contributed by atoms with Gasteiger partial charge in [-0.15, -0.1) is 0 Å². The topological polar surface area (TPSA) is 169 Å². The Hall–Kier alpha value is -6.46. The fraction of sp³-hybridized carbons (Fsp3) is 0.0526. The second kappa shape index (κ2) is 15.2. The lowest BCUT2D eigenvalue weighted by Crippen LogP contribution is -2.12. The molecule has 1 unspecified atom stereocenters. The highest BCUT2D eigenvalue weighted by Crippen LogP contribution is 2.28. The van der Waals surface area contributed by atoms with E-state index < -0.39 is 11.7 Å². The Kier molecular flexibility index (Phi) is 10.6. The van der Waals surface area contributed by atoms with Crippen molar-refractivity contribution in [1.82, 2.24) is 19.6 Å². The first kappa shape index (κ1) is 34.9. The highest BCUT2D eigenvalue weighted by atomic mass is 35.5. The Morgan fingerprint density at radius 2 is 1.12 bits per heavy atom. The number of hydrogen-bond donors (Lipinski definition) is 2. The standard InChI is InChI=1S/C19H15ClN4O.C19H13ClN4O/c2*1-12(13-5-3-2-4-6-13)18(25)17-16(11-21)19(22)24(23-17)15-9-7-14(20)8-10-15/h2-10,12H,22H2,1H3;2-10H,1,22H2. The number of aromatic nitrogens is 4.